The molecule has 3 rings (SSSR count). The maximum atomic E-state index is 9.91. The Balaban J connectivity index is 0.000000534. The fourth-order valence-electron chi connectivity index (χ4n) is 6.29. The van der Waals surface area contributed by atoms with Crippen LogP contribution in [0.3, 0.4) is 0 Å². The van der Waals surface area contributed by atoms with Crippen LogP contribution in [0.25, 0.3) is 0 Å². The van der Waals surface area contributed by atoms with E-state index in [-0.39, 0.29) is 6.10 Å². The Morgan fingerprint density at radius 3 is 2.56 bits per heavy atom. The predicted octanol–water partition coefficient (Wildman–Crippen LogP) is 5.52. The first-order valence-corrected chi connectivity index (χ1v) is 13.2. The first kappa shape index (κ1) is 27.3. The topological polar surface area (TPSA) is 52.6 Å². The van der Waals surface area contributed by atoms with Gasteiger partial charge in [-0.1, -0.05) is 43.1 Å². The van der Waals surface area contributed by atoms with Crippen molar-refractivity contribution >= 4 is 6.29 Å². The molecule has 3 saturated carbocycles. The number of nitrogens with zero attached hydrogens (tertiary/aromatic N) is 1. The smallest absolute Gasteiger partial charge is 0.133 e. The maximum Gasteiger partial charge on any atom is 0.133 e. The number of fused-ring (bicyclic) bond motifs is 1. The summed E-state index contributed by atoms with van der Waals surface area (Å²) in [6.07, 6.45) is 22.4. The third-order valence-corrected chi connectivity index (χ3v) is 8.15. The Morgan fingerprint density at radius 2 is 1.91 bits per heavy atom. The maximum absolute atomic E-state index is 9.91. The number of aliphatic hydroxyl groups excluding tert-OH is 1. The van der Waals surface area contributed by atoms with Crippen LogP contribution in [-0.2, 0) is 4.79 Å². The van der Waals surface area contributed by atoms with E-state index in [2.05, 4.69) is 31.4 Å². The van der Waals surface area contributed by atoms with Crippen LogP contribution < -0.4 is 5.32 Å². The Morgan fingerprint density at radius 1 is 1.09 bits per heavy atom. The van der Waals surface area contributed by atoms with Gasteiger partial charge in [-0.2, -0.15) is 0 Å². The van der Waals surface area contributed by atoms with Gasteiger partial charge < -0.3 is 20.1 Å². The Hall–Kier alpha value is -0.970. The number of hydrogen-bond acceptors (Lipinski definition) is 4. The fourth-order valence-corrected chi connectivity index (χ4v) is 6.29. The monoisotopic (exact) mass is 446 g/mol. The highest BCUT2D eigenvalue weighted by Gasteiger charge is 2.48. The Labute approximate surface area is 197 Å². The van der Waals surface area contributed by atoms with E-state index in [1.165, 1.54) is 76.3 Å². The quantitative estimate of drug-likeness (QED) is 0.362. The molecule has 4 atom stereocenters. The molecule has 3 aliphatic rings. The molecule has 4 nitrogen and oxygen atoms in total. The minimum atomic E-state index is -0.0937. The van der Waals surface area contributed by atoms with E-state index in [1.807, 2.05) is 19.0 Å². The highest BCUT2D eigenvalue weighted by atomic mass is 16.3. The van der Waals surface area contributed by atoms with Gasteiger partial charge in [-0.25, -0.2) is 0 Å². The molecule has 184 valence electrons. The molecular weight excluding hydrogens is 396 g/mol. The van der Waals surface area contributed by atoms with E-state index in [4.69, 9.17) is 0 Å². The second-order valence-electron chi connectivity index (χ2n) is 10.9. The van der Waals surface area contributed by atoms with Crippen LogP contribution in [0, 0.1) is 17.3 Å². The van der Waals surface area contributed by atoms with Crippen LogP contribution in [0.2, 0.25) is 0 Å². The third kappa shape index (κ3) is 8.43. The predicted molar refractivity (Wildman–Crippen MR) is 136 cm³/mol. The van der Waals surface area contributed by atoms with Crippen molar-refractivity contribution in [1.29, 1.82) is 0 Å². The molecule has 0 heterocycles. The second kappa shape index (κ2) is 14.3. The number of aliphatic hydroxyl groups is 1. The summed E-state index contributed by atoms with van der Waals surface area (Å²) in [5.74, 6) is 1.76. The lowest BCUT2D eigenvalue weighted by molar-refractivity contribution is -0.108. The molecule has 0 amide bonds. The molecule has 0 radical (unpaired) electrons. The van der Waals surface area contributed by atoms with Crippen molar-refractivity contribution < 1.29 is 9.90 Å². The van der Waals surface area contributed by atoms with Crippen molar-refractivity contribution in [3.8, 4) is 0 Å². The van der Waals surface area contributed by atoms with Gasteiger partial charge in [0, 0.05) is 0 Å². The van der Waals surface area contributed by atoms with Gasteiger partial charge in [0.1, 0.15) is 6.29 Å². The van der Waals surface area contributed by atoms with Crippen LogP contribution in [0.5, 0.6) is 0 Å². The molecule has 0 aromatic heterocycles. The lowest BCUT2D eigenvalue weighted by Gasteiger charge is -2.42. The second-order valence-corrected chi connectivity index (χ2v) is 10.9. The van der Waals surface area contributed by atoms with Crippen molar-refractivity contribution in [2.75, 3.05) is 34.2 Å². The average Bonchev–Trinajstić information content (AvgIpc) is 3.09. The van der Waals surface area contributed by atoms with Crippen LogP contribution in [0.4, 0.5) is 0 Å². The summed E-state index contributed by atoms with van der Waals surface area (Å²) in [6.45, 7) is 4.30. The zero-order valence-electron chi connectivity index (χ0n) is 21.4. The van der Waals surface area contributed by atoms with Crippen molar-refractivity contribution in [1.82, 2.24) is 10.2 Å². The van der Waals surface area contributed by atoms with Crippen molar-refractivity contribution in [2.45, 2.75) is 96.5 Å². The Kier molecular flexibility index (Phi) is 12.2. The number of likely N-dealkylation sites (N-methyl/N-ethyl adjacent to an activating group) is 1. The number of hydrogen-bond donors (Lipinski definition) is 2. The summed E-state index contributed by atoms with van der Waals surface area (Å²) in [7, 11) is 5.77. The number of nitrogens with one attached hydrogen (secondary N) is 1. The fraction of sp³-hybridized carbons (Fsp3) is 0.821. The van der Waals surface area contributed by atoms with Crippen LogP contribution in [0.15, 0.2) is 23.3 Å². The summed E-state index contributed by atoms with van der Waals surface area (Å²) in [5, 5.41) is 13.2. The zero-order chi connectivity index (χ0) is 23.4. The van der Waals surface area contributed by atoms with E-state index in [0.29, 0.717) is 12.0 Å². The van der Waals surface area contributed by atoms with Gasteiger partial charge in [-0.05, 0) is 116 Å². The van der Waals surface area contributed by atoms with Gasteiger partial charge in [-0.15, -0.1) is 0 Å². The molecular formula is C28H50N2O2. The molecule has 32 heavy (non-hydrogen) atoms. The molecule has 3 aliphatic carbocycles. The highest BCUT2D eigenvalue weighted by Crippen LogP contribution is 2.58. The Bertz CT molecular complexity index is 613. The first-order chi connectivity index (χ1) is 15.4. The van der Waals surface area contributed by atoms with E-state index in [9.17, 15) is 9.90 Å². The average molecular weight is 447 g/mol. The van der Waals surface area contributed by atoms with Gasteiger partial charge in [0.15, 0.2) is 0 Å². The molecule has 0 aliphatic heterocycles. The molecule has 4 unspecified atom stereocenters. The zero-order valence-corrected chi connectivity index (χ0v) is 21.4. The molecule has 3 fully saturated rings. The van der Waals surface area contributed by atoms with Crippen LogP contribution in [-0.4, -0.2) is 56.6 Å². The molecule has 2 N–H and O–H groups in total. The molecule has 0 aromatic carbocycles. The molecule has 0 saturated heterocycles. The molecule has 0 spiro atoms. The molecule has 0 aromatic rings. The summed E-state index contributed by atoms with van der Waals surface area (Å²) in [4.78, 5) is 11.4. The number of carbonyl (C=O) groups excluding carboxylic acids is 1. The number of carbonyl (C=O) groups is 1. The minimum Gasteiger partial charge on any atom is -0.393 e. The van der Waals surface area contributed by atoms with E-state index in [0.717, 1.165) is 37.4 Å². The van der Waals surface area contributed by atoms with Crippen LogP contribution >= 0.6 is 0 Å². The summed E-state index contributed by atoms with van der Waals surface area (Å²) >= 11 is 0. The standard InChI is InChI=1S/C24H41NO.C4H9NO/c1-24-16-7-9-20(13-12-19-8-6-11-22(26)18-19)23(24)15-14-21(24)10-4-3-5-17-25-2;1-5(2)3-4-6/h12-13,21-23,25-26H,3-11,14-18H2,1-2H3;4H,3H2,1-2H3/b19-12-,20-13+;. The number of unbranched alkanes of at least 4 members (excludes halogenated alkanes) is 2. The minimum absolute atomic E-state index is 0.0937. The van der Waals surface area contributed by atoms with Gasteiger partial charge in [-0.3, -0.25) is 0 Å². The summed E-state index contributed by atoms with van der Waals surface area (Å²) in [6, 6.07) is 0. The van der Waals surface area contributed by atoms with Crippen molar-refractivity contribution in [2.24, 2.45) is 17.3 Å². The van der Waals surface area contributed by atoms with Gasteiger partial charge in [0.05, 0.1) is 12.6 Å². The SMILES string of the molecule is CN(C)CC=O.CNCCCCCC1CCC2/C(=C/C=C3/CCCC(O)C3)CCCC12C. The lowest BCUT2D eigenvalue weighted by Crippen LogP contribution is -2.33. The molecule has 4 heteroatoms. The largest absolute Gasteiger partial charge is 0.393 e. The number of allylic oxidation sites excluding steroid dienone is 3. The van der Waals surface area contributed by atoms with E-state index >= 15 is 0 Å². The highest BCUT2D eigenvalue weighted by molar-refractivity contribution is 5.51. The summed E-state index contributed by atoms with van der Waals surface area (Å²) < 4.78 is 0. The van der Waals surface area contributed by atoms with Crippen molar-refractivity contribution in [3.63, 3.8) is 0 Å². The van der Waals surface area contributed by atoms with Crippen molar-refractivity contribution in [3.05, 3.63) is 23.3 Å². The van der Waals surface area contributed by atoms with E-state index < -0.39 is 0 Å². The summed E-state index contributed by atoms with van der Waals surface area (Å²) in [5.41, 5.74) is 3.75. The van der Waals surface area contributed by atoms with Gasteiger partial charge in [0.25, 0.3) is 0 Å². The molecule has 0 bridgehead atoms. The lowest BCUT2D eigenvalue weighted by atomic mass is 9.62. The van der Waals surface area contributed by atoms with Gasteiger partial charge >= 0.3 is 0 Å². The van der Waals surface area contributed by atoms with Gasteiger partial charge in [0.2, 0.25) is 0 Å². The van der Waals surface area contributed by atoms with Crippen LogP contribution in [0.1, 0.15) is 90.4 Å². The normalized spacial score (nSPS) is 32.6. The first-order valence-electron chi connectivity index (χ1n) is 13.2. The number of aldehydes is 1. The third-order valence-electron chi connectivity index (χ3n) is 8.15. The van der Waals surface area contributed by atoms with E-state index in [1.54, 1.807) is 5.57 Å². The number of rotatable bonds is 9.